The molecule has 0 aliphatic carbocycles. The minimum absolute atomic E-state index is 0.242. The van der Waals surface area contributed by atoms with Gasteiger partial charge in [0.1, 0.15) is 11.5 Å². The van der Waals surface area contributed by atoms with Gasteiger partial charge in [-0.2, -0.15) is 0 Å². The van der Waals surface area contributed by atoms with Crippen LogP contribution in [0.25, 0.3) is 0 Å². The van der Waals surface area contributed by atoms with E-state index in [4.69, 9.17) is 9.47 Å². The van der Waals surface area contributed by atoms with Crippen molar-refractivity contribution in [1.29, 1.82) is 0 Å². The highest BCUT2D eigenvalue weighted by Gasteiger charge is 2.17. The monoisotopic (exact) mass is 271 g/mol. The molecule has 106 valence electrons. The Morgan fingerprint density at radius 3 is 2.15 bits per heavy atom. The summed E-state index contributed by atoms with van der Waals surface area (Å²) in [5.41, 5.74) is 3.30. The first-order valence-electron chi connectivity index (χ1n) is 6.69. The topological polar surface area (TPSA) is 30.5 Å². The molecular formula is C17H21NO2. The van der Waals surface area contributed by atoms with Crippen LogP contribution >= 0.6 is 0 Å². The normalized spacial score (nSPS) is 11.8. The predicted octanol–water partition coefficient (Wildman–Crippen LogP) is 3.90. The van der Waals surface area contributed by atoms with Crippen LogP contribution < -0.4 is 14.8 Å². The van der Waals surface area contributed by atoms with Gasteiger partial charge in [-0.05, 0) is 11.6 Å². The predicted molar refractivity (Wildman–Crippen MR) is 83.1 cm³/mol. The number of benzene rings is 2. The smallest absolute Gasteiger partial charge is 0.142 e. The Kier molecular flexibility index (Phi) is 4.51. The third kappa shape index (κ3) is 2.72. The van der Waals surface area contributed by atoms with Crippen molar-refractivity contribution in [2.45, 2.75) is 12.8 Å². The number of anilines is 1. The van der Waals surface area contributed by atoms with Crippen LogP contribution in [0.5, 0.6) is 11.5 Å². The van der Waals surface area contributed by atoms with Gasteiger partial charge in [0.2, 0.25) is 0 Å². The molecule has 0 saturated carbocycles. The van der Waals surface area contributed by atoms with Crippen LogP contribution in [-0.4, -0.2) is 21.3 Å². The Hall–Kier alpha value is -2.16. The number of methoxy groups -OCH3 is 2. The molecule has 1 unspecified atom stereocenters. The van der Waals surface area contributed by atoms with Crippen molar-refractivity contribution in [3.05, 3.63) is 53.6 Å². The lowest BCUT2D eigenvalue weighted by Gasteiger charge is -2.19. The molecule has 1 atom stereocenters. The van der Waals surface area contributed by atoms with Crippen molar-refractivity contribution in [3.8, 4) is 11.5 Å². The van der Waals surface area contributed by atoms with Gasteiger partial charge in [-0.15, -0.1) is 0 Å². The van der Waals surface area contributed by atoms with E-state index >= 15 is 0 Å². The Morgan fingerprint density at radius 1 is 0.950 bits per heavy atom. The van der Waals surface area contributed by atoms with E-state index in [9.17, 15) is 0 Å². The summed E-state index contributed by atoms with van der Waals surface area (Å²) in [5, 5.41) is 3.12. The van der Waals surface area contributed by atoms with Crippen molar-refractivity contribution in [3.63, 3.8) is 0 Å². The van der Waals surface area contributed by atoms with Gasteiger partial charge in [-0.25, -0.2) is 0 Å². The fourth-order valence-corrected chi connectivity index (χ4v) is 2.38. The van der Waals surface area contributed by atoms with Gasteiger partial charge in [-0.1, -0.05) is 37.3 Å². The minimum Gasteiger partial charge on any atom is -0.496 e. The standard InChI is InChI=1S/C17H21NO2/c1-12(13-8-6-5-7-9-13)14-10-17(20-4)15(18-2)11-16(14)19-3/h5-12,18H,1-4H3. The van der Waals surface area contributed by atoms with Gasteiger partial charge >= 0.3 is 0 Å². The molecule has 0 aromatic heterocycles. The first-order valence-corrected chi connectivity index (χ1v) is 6.69. The summed E-state index contributed by atoms with van der Waals surface area (Å²) in [6, 6.07) is 14.4. The Labute approximate surface area is 120 Å². The molecule has 0 bridgehead atoms. The highest BCUT2D eigenvalue weighted by atomic mass is 16.5. The average molecular weight is 271 g/mol. The first kappa shape index (κ1) is 14.3. The molecule has 0 radical (unpaired) electrons. The molecule has 0 fully saturated rings. The molecule has 0 aliphatic rings. The van der Waals surface area contributed by atoms with Gasteiger partial charge < -0.3 is 14.8 Å². The fraction of sp³-hybridized carbons (Fsp3) is 0.294. The molecule has 0 saturated heterocycles. The van der Waals surface area contributed by atoms with Crippen molar-refractivity contribution < 1.29 is 9.47 Å². The van der Waals surface area contributed by atoms with Crippen molar-refractivity contribution in [2.75, 3.05) is 26.6 Å². The summed E-state index contributed by atoms with van der Waals surface area (Å²) in [4.78, 5) is 0. The lowest BCUT2D eigenvalue weighted by molar-refractivity contribution is 0.399. The maximum Gasteiger partial charge on any atom is 0.142 e. The fourth-order valence-electron chi connectivity index (χ4n) is 2.38. The average Bonchev–Trinajstić information content (AvgIpc) is 2.53. The molecular weight excluding hydrogens is 250 g/mol. The maximum atomic E-state index is 5.53. The van der Waals surface area contributed by atoms with Crippen molar-refractivity contribution in [2.24, 2.45) is 0 Å². The Balaban J connectivity index is 2.49. The highest BCUT2D eigenvalue weighted by molar-refractivity contribution is 5.63. The van der Waals surface area contributed by atoms with E-state index in [1.54, 1.807) is 14.2 Å². The summed E-state index contributed by atoms with van der Waals surface area (Å²) in [6.07, 6.45) is 0. The summed E-state index contributed by atoms with van der Waals surface area (Å²) >= 11 is 0. The summed E-state index contributed by atoms with van der Waals surface area (Å²) in [5.74, 6) is 1.93. The van der Waals surface area contributed by atoms with E-state index in [1.807, 2.05) is 25.2 Å². The van der Waals surface area contributed by atoms with Gasteiger partial charge in [0.15, 0.2) is 0 Å². The third-order valence-corrected chi connectivity index (χ3v) is 3.59. The minimum atomic E-state index is 0.242. The molecule has 3 nitrogen and oxygen atoms in total. The molecule has 0 heterocycles. The summed E-state index contributed by atoms with van der Waals surface area (Å²) in [7, 11) is 5.25. The van der Waals surface area contributed by atoms with Crippen LogP contribution in [0.15, 0.2) is 42.5 Å². The lowest BCUT2D eigenvalue weighted by atomic mass is 9.92. The summed E-state index contributed by atoms with van der Waals surface area (Å²) < 4.78 is 11.0. The van der Waals surface area contributed by atoms with E-state index in [1.165, 1.54) is 5.56 Å². The van der Waals surface area contributed by atoms with E-state index in [0.29, 0.717) is 0 Å². The number of rotatable bonds is 5. The number of hydrogen-bond acceptors (Lipinski definition) is 3. The van der Waals surface area contributed by atoms with Crippen LogP contribution in [0.2, 0.25) is 0 Å². The second-order valence-electron chi connectivity index (χ2n) is 4.68. The molecule has 2 aromatic carbocycles. The molecule has 2 aromatic rings. The van der Waals surface area contributed by atoms with Crippen LogP contribution in [0.3, 0.4) is 0 Å². The molecule has 2 rings (SSSR count). The zero-order valence-corrected chi connectivity index (χ0v) is 12.4. The van der Waals surface area contributed by atoms with Crippen LogP contribution in [0, 0.1) is 0 Å². The van der Waals surface area contributed by atoms with E-state index in [0.717, 1.165) is 22.7 Å². The zero-order valence-electron chi connectivity index (χ0n) is 12.4. The van der Waals surface area contributed by atoms with Gasteiger partial charge in [0.25, 0.3) is 0 Å². The van der Waals surface area contributed by atoms with E-state index in [-0.39, 0.29) is 5.92 Å². The number of hydrogen-bond donors (Lipinski definition) is 1. The van der Waals surface area contributed by atoms with Gasteiger partial charge in [0.05, 0.1) is 19.9 Å². The second-order valence-corrected chi connectivity index (χ2v) is 4.68. The number of ether oxygens (including phenoxy) is 2. The Bertz CT molecular complexity index is 567. The van der Waals surface area contributed by atoms with E-state index < -0.39 is 0 Å². The molecule has 3 heteroatoms. The van der Waals surface area contributed by atoms with Crippen LogP contribution in [-0.2, 0) is 0 Å². The van der Waals surface area contributed by atoms with Crippen molar-refractivity contribution >= 4 is 5.69 Å². The molecule has 0 amide bonds. The largest absolute Gasteiger partial charge is 0.496 e. The molecule has 0 spiro atoms. The highest BCUT2D eigenvalue weighted by Crippen LogP contribution is 2.38. The van der Waals surface area contributed by atoms with Crippen LogP contribution in [0.1, 0.15) is 24.0 Å². The van der Waals surface area contributed by atoms with Gasteiger partial charge in [0, 0.05) is 24.6 Å². The lowest BCUT2D eigenvalue weighted by Crippen LogP contribution is -2.02. The van der Waals surface area contributed by atoms with Gasteiger partial charge in [-0.3, -0.25) is 0 Å². The Morgan fingerprint density at radius 2 is 1.60 bits per heavy atom. The van der Waals surface area contributed by atoms with Crippen molar-refractivity contribution in [1.82, 2.24) is 0 Å². The first-order chi connectivity index (χ1) is 9.71. The molecule has 1 N–H and O–H groups in total. The van der Waals surface area contributed by atoms with Crippen LogP contribution in [0.4, 0.5) is 5.69 Å². The molecule has 0 aliphatic heterocycles. The third-order valence-electron chi connectivity index (χ3n) is 3.59. The summed E-state index contributed by atoms with van der Waals surface area (Å²) in [6.45, 7) is 2.17. The van der Waals surface area contributed by atoms with E-state index in [2.05, 4.69) is 36.5 Å². The molecule has 20 heavy (non-hydrogen) atoms. The SMILES string of the molecule is CNc1cc(OC)c(C(C)c2ccccc2)cc1OC. The zero-order chi connectivity index (χ0) is 14.5. The maximum absolute atomic E-state index is 5.53. The second kappa shape index (κ2) is 6.33. The number of nitrogens with one attached hydrogen (secondary N) is 1. The quantitative estimate of drug-likeness (QED) is 0.894.